The van der Waals surface area contributed by atoms with Crippen molar-refractivity contribution in [2.24, 2.45) is 7.05 Å². The van der Waals surface area contributed by atoms with E-state index in [9.17, 15) is 4.79 Å². The van der Waals surface area contributed by atoms with Gasteiger partial charge in [-0.05, 0) is 42.5 Å². The summed E-state index contributed by atoms with van der Waals surface area (Å²) in [6.07, 6.45) is 8.53. The van der Waals surface area contributed by atoms with Gasteiger partial charge in [-0.2, -0.15) is 0 Å². The van der Waals surface area contributed by atoms with Gasteiger partial charge in [-0.15, -0.1) is 0 Å². The third-order valence-corrected chi connectivity index (χ3v) is 5.22. The highest BCUT2D eigenvalue weighted by molar-refractivity contribution is 5.98. The molecular formula is C20H21NO3. The minimum atomic E-state index is -0.301. The van der Waals surface area contributed by atoms with Gasteiger partial charge in [0.15, 0.2) is 0 Å². The lowest BCUT2D eigenvalue weighted by atomic mass is 9.92. The quantitative estimate of drug-likeness (QED) is 0.645. The largest absolute Gasteiger partial charge is 0.472 e. The summed E-state index contributed by atoms with van der Waals surface area (Å²) in [6, 6.07) is 7.88. The van der Waals surface area contributed by atoms with Gasteiger partial charge in [0, 0.05) is 23.5 Å². The molecule has 4 nitrogen and oxygen atoms in total. The number of aryl methyl sites for hydroxylation is 1. The Morgan fingerprint density at radius 1 is 1.25 bits per heavy atom. The first-order valence-electron chi connectivity index (χ1n) is 8.44. The highest BCUT2D eigenvalue weighted by Crippen LogP contribution is 2.44. The molecule has 0 radical (unpaired) electrons. The summed E-state index contributed by atoms with van der Waals surface area (Å²) in [5, 5.41) is 1.23. The van der Waals surface area contributed by atoms with E-state index in [2.05, 4.69) is 17.7 Å². The molecule has 0 N–H and O–H groups in total. The van der Waals surface area contributed by atoms with Crippen LogP contribution in [0.25, 0.3) is 22.2 Å². The Morgan fingerprint density at radius 3 is 2.71 bits per heavy atom. The third-order valence-electron chi connectivity index (χ3n) is 5.22. The van der Waals surface area contributed by atoms with Crippen molar-refractivity contribution in [2.45, 2.75) is 31.6 Å². The number of hydrogen-bond donors (Lipinski definition) is 0. The summed E-state index contributed by atoms with van der Waals surface area (Å²) in [4.78, 5) is 11.9. The molecule has 2 aromatic heterocycles. The molecule has 0 aliphatic heterocycles. The Labute approximate surface area is 141 Å². The van der Waals surface area contributed by atoms with E-state index in [1.807, 2.05) is 18.2 Å². The van der Waals surface area contributed by atoms with Crippen LogP contribution in [0.15, 0.2) is 41.2 Å². The first kappa shape index (κ1) is 15.1. The van der Waals surface area contributed by atoms with Crippen LogP contribution >= 0.6 is 0 Å². The smallest absolute Gasteiger partial charge is 0.337 e. The molecule has 1 fully saturated rings. The van der Waals surface area contributed by atoms with Crippen LogP contribution in [0.1, 0.15) is 47.5 Å². The fraction of sp³-hybridized carbons (Fsp3) is 0.350. The Bertz CT molecular complexity index is 883. The number of ether oxygens (including phenoxy) is 1. The fourth-order valence-corrected chi connectivity index (χ4v) is 4.09. The number of benzene rings is 1. The summed E-state index contributed by atoms with van der Waals surface area (Å²) in [7, 11) is 3.47. The van der Waals surface area contributed by atoms with Crippen molar-refractivity contribution in [3.05, 3.63) is 47.9 Å². The number of rotatable bonds is 3. The first-order chi connectivity index (χ1) is 11.7. The summed E-state index contributed by atoms with van der Waals surface area (Å²) >= 11 is 0. The number of furan rings is 1. The van der Waals surface area contributed by atoms with Crippen molar-refractivity contribution in [3.8, 4) is 11.3 Å². The maximum atomic E-state index is 11.9. The lowest BCUT2D eigenvalue weighted by Crippen LogP contribution is -2.01. The molecule has 4 rings (SSSR count). The summed E-state index contributed by atoms with van der Waals surface area (Å²) in [6.45, 7) is 0. The second-order valence-corrected chi connectivity index (χ2v) is 6.54. The van der Waals surface area contributed by atoms with Gasteiger partial charge in [-0.25, -0.2) is 4.79 Å². The molecule has 124 valence electrons. The summed E-state index contributed by atoms with van der Waals surface area (Å²) < 4.78 is 12.4. The van der Waals surface area contributed by atoms with Gasteiger partial charge in [-0.3, -0.25) is 0 Å². The number of nitrogens with zero attached hydrogens (tertiary/aromatic N) is 1. The van der Waals surface area contributed by atoms with Gasteiger partial charge in [0.1, 0.15) is 0 Å². The highest BCUT2D eigenvalue weighted by atomic mass is 16.5. The Morgan fingerprint density at radius 2 is 2.04 bits per heavy atom. The van der Waals surface area contributed by atoms with Crippen molar-refractivity contribution >= 4 is 16.9 Å². The van der Waals surface area contributed by atoms with E-state index < -0.39 is 0 Å². The summed E-state index contributed by atoms with van der Waals surface area (Å²) in [5.41, 5.74) is 5.34. The average Bonchev–Trinajstić information content (AvgIpc) is 3.34. The zero-order valence-corrected chi connectivity index (χ0v) is 14.0. The van der Waals surface area contributed by atoms with Crippen LogP contribution in [-0.4, -0.2) is 17.6 Å². The molecule has 4 heteroatoms. The van der Waals surface area contributed by atoms with Crippen LogP contribution in [0, 0.1) is 0 Å². The number of hydrogen-bond acceptors (Lipinski definition) is 3. The zero-order chi connectivity index (χ0) is 16.7. The molecule has 1 aliphatic carbocycles. The molecule has 0 unspecified atom stereocenters. The zero-order valence-electron chi connectivity index (χ0n) is 14.0. The Kier molecular flexibility index (Phi) is 3.68. The standard InChI is InChI=1S/C20H21NO3/c1-21-17-11-14(20(22)23-2)7-8-16(17)18(13-5-3-4-6-13)19(21)15-9-10-24-12-15/h7-13H,3-6H2,1-2H3. The van der Waals surface area contributed by atoms with E-state index in [1.165, 1.54) is 49.4 Å². The lowest BCUT2D eigenvalue weighted by Gasteiger charge is -2.12. The van der Waals surface area contributed by atoms with E-state index in [0.29, 0.717) is 11.5 Å². The molecule has 0 saturated heterocycles. The van der Waals surface area contributed by atoms with Gasteiger partial charge in [0.2, 0.25) is 0 Å². The normalized spacial score (nSPS) is 15.2. The maximum absolute atomic E-state index is 11.9. The van der Waals surface area contributed by atoms with Gasteiger partial charge in [-0.1, -0.05) is 18.9 Å². The molecule has 0 bridgehead atoms. The second kappa shape index (κ2) is 5.86. The van der Waals surface area contributed by atoms with Gasteiger partial charge >= 0.3 is 5.97 Å². The van der Waals surface area contributed by atoms with Crippen LogP contribution in [-0.2, 0) is 11.8 Å². The molecule has 1 aromatic carbocycles. The molecule has 0 atom stereocenters. The van der Waals surface area contributed by atoms with Crippen LogP contribution < -0.4 is 0 Å². The lowest BCUT2D eigenvalue weighted by molar-refractivity contribution is 0.0601. The van der Waals surface area contributed by atoms with Crippen molar-refractivity contribution in [1.29, 1.82) is 0 Å². The van der Waals surface area contributed by atoms with E-state index in [0.717, 1.165) is 11.1 Å². The molecule has 2 heterocycles. The minimum Gasteiger partial charge on any atom is -0.472 e. The van der Waals surface area contributed by atoms with Gasteiger partial charge < -0.3 is 13.7 Å². The van der Waals surface area contributed by atoms with Crippen molar-refractivity contribution in [1.82, 2.24) is 4.57 Å². The molecule has 1 saturated carbocycles. The molecule has 1 aliphatic rings. The average molecular weight is 323 g/mol. The number of carbonyl (C=O) groups excluding carboxylic acids is 1. The molecule has 0 spiro atoms. The van der Waals surface area contributed by atoms with Crippen LogP contribution in [0.5, 0.6) is 0 Å². The van der Waals surface area contributed by atoms with Crippen molar-refractivity contribution in [2.75, 3.05) is 7.11 Å². The first-order valence-corrected chi connectivity index (χ1v) is 8.44. The monoisotopic (exact) mass is 323 g/mol. The van der Waals surface area contributed by atoms with Crippen LogP contribution in [0.4, 0.5) is 0 Å². The van der Waals surface area contributed by atoms with E-state index >= 15 is 0 Å². The Balaban J connectivity index is 1.99. The number of esters is 1. The van der Waals surface area contributed by atoms with Gasteiger partial charge in [0.25, 0.3) is 0 Å². The minimum absolute atomic E-state index is 0.301. The number of aromatic nitrogens is 1. The topological polar surface area (TPSA) is 44.4 Å². The van der Waals surface area contributed by atoms with E-state index in [1.54, 1.807) is 12.5 Å². The van der Waals surface area contributed by atoms with Crippen molar-refractivity contribution < 1.29 is 13.9 Å². The Hall–Kier alpha value is -2.49. The highest BCUT2D eigenvalue weighted by Gasteiger charge is 2.27. The SMILES string of the molecule is COC(=O)c1ccc2c(C3CCCC3)c(-c3ccoc3)n(C)c2c1. The number of fused-ring (bicyclic) bond motifs is 1. The number of methoxy groups -OCH3 is 1. The third kappa shape index (κ3) is 2.25. The molecule has 0 amide bonds. The predicted molar refractivity (Wildman–Crippen MR) is 93.2 cm³/mol. The van der Waals surface area contributed by atoms with Crippen LogP contribution in [0.3, 0.4) is 0 Å². The second-order valence-electron chi connectivity index (χ2n) is 6.54. The van der Waals surface area contributed by atoms with E-state index in [4.69, 9.17) is 9.15 Å². The molecule has 24 heavy (non-hydrogen) atoms. The predicted octanol–water partition coefficient (Wildman–Crippen LogP) is 4.88. The fourth-order valence-electron chi connectivity index (χ4n) is 4.09. The summed E-state index contributed by atoms with van der Waals surface area (Å²) in [5.74, 6) is 0.271. The van der Waals surface area contributed by atoms with Crippen LogP contribution in [0.2, 0.25) is 0 Å². The van der Waals surface area contributed by atoms with Gasteiger partial charge in [0.05, 0.1) is 30.9 Å². The molecule has 3 aromatic rings. The molecular weight excluding hydrogens is 302 g/mol. The van der Waals surface area contributed by atoms with E-state index in [-0.39, 0.29) is 5.97 Å². The number of carbonyl (C=O) groups is 1. The maximum Gasteiger partial charge on any atom is 0.337 e. The van der Waals surface area contributed by atoms with Crippen molar-refractivity contribution in [3.63, 3.8) is 0 Å².